The van der Waals surface area contributed by atoms with Crippen LogP contribution in [0.5, 0.6) is 0 Å². The van der Waals surface area contributed by atoms with E-state index < -0.39 is 5.60 Å². The van der Waals surface area contributed by atoms with Crippen molar-refractivity contribution in [1.29, 1.82) is 0 Å². The minimum Gasteiger partial charge on any atom is -0.378 e. The van der Waals surface area contributed by atoms with Crippen LogP contribution < -0.4 is 10.6 Å². The molecule has 1 atom stereocenters. The Morgan fingerprint density at radius 2 is 1.97 bits per heavy atom. The van der Waals surface area contributed by atoms with Gasteiger partial charge in [-0.2, -0.15) is 4.98 Å². The van der Waals surface area contributed by atoms with Crippen molar-refractivity contribution in [3.8, 4) is 11.8 Å². The van der Waals surface area contributed by atoms with E-state index in [1.165, 1.54) is 5.56 Å². The second-order valence-corrected chi connectivity index (χ2v) is 8.85. The average molecular weight is 390 g/mol. The zero-order chi connectivity index (χ0) is 20.1. The van der Waals surface area contributed by atoms with Crippen molar-refractivity contribution >= 4 is 17.5 Å². The van der Waals surface area contributed by atoms with Crippen molar-refractivity contribution in [2.24, 2.45) is 0 Å². The molecule has 5 rings (SSSR count). The minimum atomic E-state index is -0.824. The highest BCUT2D eigenvalue weighted by Crippen LogP contribution is 2.48. The fourth-order valence-corrected chi connectivity index (χ4v) is 5.17. The molecule has 1 aromatic carbocycles. The number of fused-ring (bicyclic) bond motifs is 2. The number of hydrogen-bond donors (Lipinski definition) is 2. The number of nitrogens with zero attached hydrogens (tertiary/aromatic N) is 4. The zero-order valence-corrected chi connectivity index (χ0v) is 16.9. The Kier molecular flexibility index (Phi) is 4.27. The quantitative estimate of drug-likeness (QED) is 0.730. The molecule has 0 bridgehead atoms. The molecule has 150 valence electrons. The van der Waals surface area contributed by atoms with Crippen LogP contribution in [0, 0.1) is 11.8 Å². The molecule has 6 heteroatoms. The molecule has 1 saturated carbocycles. The van der Waals surface area contributed by atoms with E-state index in [1.807, 2.05) is 6.07 Å². The van der Waals surface area contributed by atoms with Crippen molar-refractivity contribution in [3.05, 3.63) is 41.6 Å². The molecule has 1 saturated heterocycles. The molecule has 0 radical (unpaired) electrons. The number of likely N-dealkylation sites (tertiary alicyclic amines) is 1. The molecule has 1 unspecified atom stereocenters. The second kappa shape index (κ2) is 6.72. The van der Waals surface area contributed by atoms with Crippen LogP contribution in [0.4, 0.5) is 17.5 Å². The van der Waals surface area contributed by atoms with E-state index in [-0.39, 0.29) is 11.4 Å². The smallest absolute Gasteiger partial charge is 0.221 e. The Labute approximate surface area is 171 Å². The Morgan fingerprint density at radius 3 is 2.69 bits per heavy atom. The maximum atomic E-state index is 10.6. The fraction of sp³-hybridized carbons (Fsp3) is 0.478. The minimum absolute atomic E-state index is 0.0966. The lowest BCUT2D eigenvalue weighted by molar-refractivity contribution is 0.110. The van der Waals surface area contributed by atoms with Crippen LogP contribution in [0.2, 0.25) is 0 Å². The molecule has 2 aromatic rings. The van der Waals surface area contributed by atoms with E-state index >= 15 is 0 Å². The third-order valence-electron chi connectivity index (χ3n) is 6.67. The van der Waals surface area contributed by atoms with Crippen LogP contribution in [-0.4, -0.2) is 52.3 Å². The lowest BCUT2D eigenvalue weighted by Gasteiger charge is -2.25. The highest BCUT2D eigenvalue weighted by atomic mass is 16.3. The van der Waals surface area contributed by atoms with Gasteiger partial charge < -0.3 is 20.6 Å². The van der Waals surface area contributed by atoms with Crippen LogP contribution in [0.1, 0.15) is 43.2 Å². The van der Waals surface area contributed by atoms with E-state index in [0.717, 1.165) is 68.8 Å². The molecule has 1 aliphatic carbocycles. The summed E-state index contributed by atoms with van der Waals surface area (Å²) in [5, 5.41) is 10.6. The first-order chi connectivity index (χ1) is 14.0. The first kappa shape index (κ1) is 18.4. The summed E-state index contributed by atoms with van der Waals surface area (Å²) in [4.78, 5) is 13.2. The molecule has 1 aromatic heterocycles. The van der Waals surface area contributed by atoms with Crippen LogP contribution in [0.15, 0.2) is 30.5 Å². The third kappa shape index (κ3) is 3.25. The Morgan fingerprint density at radius 1 is 1.14 bits per heavy atom. The van der Waals surface area contributed by atoms with Gasteiger partial charge in [0.15, 0.2) is 0 Å². The second-order valence-electron chi connectivity index (χ2n) is 8.85. The molecule has 2 fully saturated rings. The molecule has 3 aliphatic rings. The van der Waals surface area contributed by atoms with Crippen molar-refractivity contribution in [2.75, 3.05) is 37.3 Å². The largest absolute Gasteiger partial charge is 0.378 e. The third-order valence-corrected chi connectivity index (χ3v) is 6.67. The van der Waals surface area contributed by atoms with Crippen LogP contribution in [0.3, 0.4) is 0 Å². The van der Waals surface area contributed by atoms with Gasteiger partial charge in [-0.1, -0.05) is 17.9 Å². The first-order valence-electron chi connectivity index (χ1n) is 10.4. The predicted molar refractivity (Wildman–Crippen MR) is 114 cm³/mol. The van der Waals surface area contributed by atoms with Crippen LogP contribution in [-0.2, 0) is 5.41 Å². The molecule has 2 aliphatic heterocycles. The summed E-state index contributed by atoms with van der Waals surface area (Å²) in [6.45, 7) is 3.00. The van der Waals surface area contributed by atoms with Gasteiger partial charge >= 0.3 is 0 Å². The first-order valence-corrected chi connectivity index (χ1v) is 10.4. The van der Waals surface area contributed by atoms with E-state index in [1.54, 1.807) is 6.20 Å². The van der Waals surface area contributed by atoms with Crippen LogP contribution >= 0.6 is 0 Å². The van der Waals surface area contributed by atoms with Gasteiger partial charge in [0.2, 0.25) is 5.95 Å². The van der Waals surface area contributed by atoms with E-state index in [4.69, 9.17) is 5.73 Å². The van der Waals surface area contributed by atoms with Gasteiger partial charge in [-0.3, -0.25) is 0 Å². The highest BCUT2D eigenvalue weighted by Gasteiger charge is 2.47. The van der Waals surface area contributed by atoms with E-state index in [0.29, 0.717) is 0 Å². The number of rotatable bonds is 1. The number of nitrogens with two attached hydrogens (primary N) is 1. The number of hydrogen-bond acceptors (Lipinski definition) is 6. The normalized spacial score (nSPS) is 25.2. The highest BCUT2D eigenvalue weighted by molar-refractivity contribution is 5.73. The Bertz CT molecular complexity index is 1000. The van der Waals surface area contributed by atoms with Gasteiger partial charge in [-0.05, 0) is 69.5 Å². The van der Waals surface area contributed by atoms with E-state index in [2.05, 4.69) is 56.9 Å². The topological polar surface area (TPSA) is 78.5 Å². The number of benzene rings is 1. The van der Waals surface area contributed by atoms with Crippen molar-refractivity contribution in [3.63, 3.8) is 0 Å². The maximum absolute atomic E-state index is 10.6. The lowest BCUT2D eigenvalue weighted by Crippen LogP contribution is -2.34. The number of aliphatic hydroxyl groups is 1. The summed E-state index contributed by atoms with van der Waals surface area (Å²) in [6.07, 6.45) is 6.47. The summed E-state index contributed by atoms with van der Waals surface area (Å²) >= 11 is 0. The van der Waals surface area contributed by atoms with Crippen molar-refractivity contribution in [1.82, 2.24) is 14.9 Å². The predicted octanol–water partition coefficient (Wildman–Crippen LogP) is 2.44. The van der Waals surface area contributed by atoms with Crippen molar-refractivity contribution in [2.45, 2.75) is 43.1 Å². The molecule has 3 N–H and O–H groups in total. The number of anilines is 3. The summed E-state index contributed by atoms with van der Waals surface area (Å²) in [5.41, 5.74) is 8.56. The summed E-state index contributed by atoms with van der Waals surface area (Å²) in [7, 11) is 2.18. The average Bonchev–Trinajstić information content (AvgIpc) is 3.39. The SMILES string of the molecule is CN1CCC2(C1)CN(c1ccnc(N)n1)c1cc(C#CC3(O)CCCC3)ccc12. The van der Waals surface area contributed by atoms with Gasteiger partial charge in [-0.25, -0.2) is 4.98 Å². The van der Waals surface area contributed by atoms with Crippen LogP contribution in [0.25, 0.3) is 0 Å². The molecular formula is C23H27N5O. The molecule has 0 amide bonds. The molecular weight excluding hydrogens is 362 g/mol. The zero-order valence-electron chi connectivity index (χ0n) is 16.9. The van der Waals surface area contributed by atoms with Gasteiger partial charge in [0.05, 0.1) is 0 Å². The molecule has 1 spiro atoms. The lowest BCUT2D eigenvalue weighted by atomic mass is 9.81. The number of likely N-dealkylation sites (N-methyl/N-ethyl adjacent to an activating group) is 1. The molecule has 29 heavy (non-hydrogen) atoms. The standard InChI is InChI=1S/C23H27N5O/c1-27-13-11-22(15-27)16-28(20-7-12-25-21(24)26-20)19-14-17(4-5-18(19)22)6-10-23(29)8-2-3-9-23/h4-5,7,12,14,29H,2-3,8-9,11,13,15-16H2,1H3,(H2,24,25,26). The van der Waals surface area contributed by atoms with Crippen molar-refractivity contribution < 1.29 is 5.11 Å². The fourth-order valence-electron chi connectivity index (χ4n) is 5.17. The van der Waals surface area contributed by atoms with Gasteiger partial charge in [0.1, 0.15) is 11.4 Å². The Hall–Kier alpha value is -2.62. The van der Waals surface area contributed by atoms with Gasteiger partial charge in [0, 0.05) is 36.0 Å². The Balaban J connectivity index is 1.56. The van der Waals surface area contributed by atoms with Gasteiger partial charge in [-0.15, -0.1) is 0 Å². The monoisotopic (exact) mass is 389 g/mol. The molecule has 3 heterocycles. The van der Waals surface area contributed by atoms with Gasteiger partial charge in [0.25, 0.3) is 0 Å². The number of nitrogen functional groups attached to an aromatic ring is 1. The molecule has 6 nitrogen and oxygen atoms in total. The summed E-state index contributed by atoms with van der Waals surface area (Å²) < 4.78 is 0. The summed E-state index contributed by atoms with van der Waals surface area (Å²) in [6, 6.07) is 8.38. The maximum Gasteiger partial charge on any atom is 0.221 e. The summed E-state index contributed by atoms with van der Waals surface area (Å²) in [5.74, 6) is 7.47. The van der Waals surface area contributed by atoms with E-state index in [9.17, 15) is 5.11 Å². The number of aromatic nitrogens is 2.